The molecule has 0 radical (unpaired) electrons. The number of hydrogen-bond acceptors (Lipinski definition) is 4. The Morgan fingerprint density at radius 3 is 3.05 bits per heavy atom. The van der Waals surface area contributed by atoms with Crippen LogP contribution in [0.3, 0.4) is 0 Å². The molecule has 0 aromatic carbocycles. The Morgan fingerprint density at radius 2 is 2.30 bits per heavy atom. The second kappa shape index (κ2) is 5.07. The van der Waals surface area contributed by atoms with E-state index in [0.29, 0.717) is 17.4 Å². The van der Waals surface area contributed by atoms with E-state index in [0.717, 1.165) is 36.1 Å². The molecule has 2 heterocycles. The summed E-state index contributed by atoms with van der Waals surface area (Å²) >= 11 is 0. The highest BCUT2D eigenvalue weighted by molar-refractivity contribution is 6.03. The number of rotatable bonds is 2. The highest BCUT2D eigenvalue weighted by atomic mass is 16.5. The van der Waals surface area contributed by atoms with Crippen LogP contribution in [0.5, 0.6) is 0 Å². The molecule has 1 N–H and O–H groups in total. The van der Waals surface area contributed by atoms with Gasteiger partial charge in [0.25, 0.3) is 5.91 Å². The second-order valence-electron chi connectivity index (χ2n) is 5.46. The number of amides is 1. The Balaban J connectivity index is 1.81. The monoisotopic (exact) mass is 271 g/mol. The number of pyridine rings is 1. The van der Waals surface area contributed by atoms with Gasteiger partial charge < -0.3 is 9.84 Å². The maximum atomic E-state index is 12.3. The second-order valence-corrected chi connectivity index (χ2v) is 5.46. The van der Waals surface area contributed by atoms with E-state index in [9.17, 15) is 4.79 Å². The van der Waals surface area contributed by atoms with Gasteiger partial charge in [-0.3, -0.25) is 4.79 Å². The molecule has 2 aromatic heterocycles. The minimum atomic E-state index is -0.250. The summed E-state index contributed by atoms with van der Waals surface area (Å²) in [5.74, 6) is 1.69. The lowest BCUT2D eigenvalue weighted by Crippen LogP contribution is -2.18. The van der Waals surface area contributed by atoms with Gasteiger partial charge in [-0.2, -0.15) is 0 Å². The first-order chi connectivity index (χ1) is 9.63. The van der Waals surface area contributed by atoms with E-state index in [2.05, 4.69) is 22.4 Å². The van der Waals surface area contributed by atoms with Crippen molar-refractivity contribution in [3.05, 3.63) is 40.9 Å². The van der Waals surface area contributed by atoms with Crippen molar-refractivity contribution in [2.75, 3.05) is 5.32 Å². The van der Waals surface area contributed by atoms with Gasteiger partial charge in [0, 0.05) is 18.2 Å². The van der Waals surface area contributed by atoms with Crippen LogP contribution in [0, 0.1) is 12.8 Å². The molecule has 0 bridgehead atoms. The number of aromatic nitrogens is 2. The standard InChI is InChI=1S/C15H17N3O2/c1-9-3-5-12-11(7-9)14(18-20-12)15(19)17-13-6-4-10(2)8-16-13/h4,6,8-9H,3,5,7H2,1-2H3,(H,16,17,19)/t9-/m1/s1. The number of hydrogen-bond donors (Lipinski definition) is 1. The van der Waals surface area contributed by atoms with Gasteiger partial charge >= 0.3 is 0 Å². The van der Waals surface area contributed by atoms with E-state index in [1.165, 1.54) is 0 Å². The fourth-order valence-corrected chi connectivity index (χ4v) is 2.47. The molecule has 0 spiro atoms. The average Bonchev–Trinajstić information content (AvgIpc) is 2.84. The first kappa shape index (κ1) is 12.8. The summed E-state index contributed by atoms with van der Waals surface area (Å²) in [5.41, 5.74) is 2.40. The summed E-state index contributed by atoms with van der Waals surface area (Å²) in [4.78, 5) is 16.4. The Labute approximate surface area is 117 Å². The largest absolute Gasteiger partial charge is 0.360 e. The molecule has 1 aliphatic carbocycles. The number of carbonyl (C=O) groups is 1. The maximum Gasteiger partial charge on any atom is 0.279 e. The molecule has 1 aliphatic rings. The SMILES string of the molecule is Cc1ccc(NC(=O)c2noc3c2C[C@H](C)CC3)nc1. The van der Waals surface area contributed by atoms with Gasteiger partial charge in [0.2, 0.25) is 0 Å². The zero-order valence-corrected chi connectivity index (χ0v) is 11.6. The Morgan fingerprint density at radius 1 is 1.45 bits per heavy atom. The van der Waals surface area contributed by atoms with E-state index in [-0.39, 0.29) is 5.91 Å². The molecule has 5 heteroatoms. The third-order valence-electron chi connectivity index (χ3n) is 3.65. The maximum absolute atomic E-state index is 12.3. The molecule has 0 saturated carbocycles. The van der Waals surface area contributed by atoms with Crippen LogP contribution in [0.4, 0.5) is 5.82 Å². The number of fused-ring (bicyclic) bond motifs is 1. The first-order valence-corrected chi connectivity index (χ1v) is 6.85. The zero-order valence-electron chi connectivity index (χ0n) is 11.6. The van der Waals surface area contributed by atoms with Crippen molar-refractivity contribution in [1.29, 1.82) is 0 Å². The van der Waals surface area contributed by atoms with Crippen molar-refractivity contribution in [3.63, 3.8) is 0 Å². The Kier molecular flexibility index (Phi) is 3.26. The summed E-state index contributed by atoms with van der Waals surface area (Å²) < 4.78 is 5.28. The molecule has 1 atom stereocenters. The van der Waals surface area contributed by atoms with Crippen LogP contribution >= 0.6 is 0 Å². The summed E-state index contributed by atoms with van der Waals surface area (Å²) in [6, 6.07) is 3.69. The van der Waals surface area contributed by atoms with E-state index >= 15 is 0 Å². The molecule has 0 unspecified atom stereocenters. The van der Waals surface area contributed by atoms with Crippen molar-refractivity contribution in [1.82, 2.24) is 10.1 Å². The van der Waals surface area contributed by atoms with Gasteiger partial charge in [-0.05, 0) is 37.3 Å². The van der Waals surface area contributed by atoms with Crippen LogP contribution in [0.25, 0.3) is 0 Å². The molecule has 5 nitrogen and oxygen atoms in total. The van der Waals surface area contributed by atoms with E-state index in [1.807, 2.05) is 13.0 Å². The van der Waals surface area contributed by atoms with Gasteiger partial charge in [0.05, 0.1) is 0 Å². The summed E-state index contributed by atoms with van der Waals surface area (Å²) in [5, 5.41) is 6.70. The number of carbonyl (C=O) groups excluding carboxylic acids is 1. The minimum absolute atomic E-state index is 0.250. The topological polar surface area (TPSA) is 68.0 Å². The lowest BCUT2D eigenvalue weighted by molar-refractivity contribution is 0.101. The zero-order chi connectivity index (χ0) is 14.1. The Bertz CT molecular complexity index is 631. The molecule has 104 valence electrons. The average molecular weight is 271 g/mol. The lowest BCUT2D eigenvalue weighted by Gasteiger charge is -2.16. The van der Waals surface area contributed by atoms with Crippen LogP contribution in [0.2, 0.25) is 0 Å². The highest BCUT2D eigenvalue weighted by Gasteiger charge is 2.27. The fourth-order valence-electron chi connectivity index (χ4n) is 2.47. The fraction of sp³-hybridized carbons (Fsp3) is 0.400. The lowest BCUT2D eigenvalue weighted by atomic mass is 9.88. The van der Waals surface area contributed by atoms with Crippen LogP contribution < -0.4 is 5.32 Å². The van der Waals surface area contributed by atoms with Crippen molar-refractivity contribution >= 4 is 11.7 Å². The molecule has 0 fully saturated rings. The summed E-state index contributed by atoms with van der Waals surface area (Å²) in [6.45, 7) is 4.13. The number of anilines is 1. The van der Waals surface area contributed by atoms with Crippen molar-refractivity contribution < 1.29 is 9.32 Å². The molecular weight excluding hydrogens is 254 g/mol. The van der Waals surface area contributed by atoms with Crippen molar-refractivity contribution in [3.8, 4) is 0 Å². The number of nitrogens with zero attached hydrogens (tertiary/aromatic N) is 2. The predicted octanol–water partition coefficient (Wildman–Crippen LogP) is 2.76. The molecule has 1 amide bonds. The molecule has 2 aromatic rings. The summed E-state index contributed by atoms with van der Waals surface area (Å²) in [7, 11) is 0. The van der Waals surface area contributed by atoms with Gasteiger partial charge in [-0.15, -0.1) is 0 Å². The van der Waals surface area contributed by atoms with Gasteiger partial charge in [0.15, 0.2) is 5.69 Å². The quantitative estimate of drug-likeness (QED) is 0.912. The molecule has 20 heavy (non-hydrogen) atoms. The normalized spacial score (nSPS) is 17.6. The van der Waals surface area contributed by atoms with Gasteiger partial charge in [-0.25, -0.2) is 4.98 Å². The Hall–Kier alpha value is -2.17. The van der Waals surface area contributed by atoms with E-state index < -0.39 is 0 Å². The molecule has 3 rings (SSSR count). The number of aryl methyl sites for hydroxylation is 2. The van der Waals surface area contributed by atoms with Crippen LogP contribution in [0.1, 0.15) is 40.7 Å². The molecule has 0 aliphatic heterocycles. The van der Waals surface area contributed by atoms with Gasteiger partial charge in [-0.1, -0.05) is 18.1 Å². The highest BCUT2D eigenvalue weighted by Crippen LogP contribution is 2.28. The number of nitrogens with one attached hydrogen (secondary N) is 1. The molecular formula is C15H17N3O2. The predicted molar refractivity (Wildman–Crippen MR) is 74.6 cm³/mol. The van der Waals surface area contributed by atoms with E-state index in [1.54, 1.807) is 12.3 Å². The minimum Gasteiger partial charge on any atom is -0.360 e. The first-order valence-electron chi connectivity index (χ1n) is 6.85. The smallest absolute Gasteiger partial charge is 0.279 e. The van der Waals surface area contributed by atoms with Crippen LogP contribution in [-0.2, 0) is 12.8 Å². The van der Waals surface area contributed by atoms with E-state index in [4.69, 9.17) is 4.52 Å². The van der Waals surface area contributed by atoms with Crippen molar-refractivity contribution in [2.24, 2.45) is 5.92 Å². The van der Waals surface area contributed by atoms with Crippen LogP contribution in [-0.4, -0.2) is 16.0 Å². The van der Waals surface area contributed by atoms with Crippen molar-refractivity contribution in [2.45, 2.75) is 33.1 Å². The molecule has 0 saturated heterocycles. The van der Waals surface area contributed by atoms with Crippen LogP contribution in [0.15, 0.2) is 22.9 Å². The summed E-state index contributed by atoms with van der Waals surface area (Å²) in [6.07, 6.45) is 4.52. The third-order valence-corrected chi connectivity index (χ3v) is 3.65. The third kappa shape index (κ3) is 2.43. The van der Waals surface area contributed by atoms with Gasteiger partial charge in [0.1, 0.15) is 11.6 Å².